The summed E-state index contributed by atoms with van der Waals surface area (Å²) in [4.78, 5) is 49.4. The molecule has 0 aliphatic heterocycles. The lowest BCUT2D eigenvalue weighted by Gasteiger charge is -2.21. The summed E-state index contributed by atoms with van der Waals surface area (Å²) in [5, 5.41) is 7.51. The highest BCUT2D eigenvalue weighted by molar-refractivity contribution is 8.18. The van der Waals surface area contributed by atoms with Crippen molar-refractivity contribution < 1.29 is 24.3 Å². The molecule has 0 aromatic heterocycles. The lowest BCUT2D eigenvalue weighted by molar-refractivity contribution is -0.143. The van der Waals surface area contributed by atoms with Crippen LogP contribution in [0, 0.1) is 0 Å². The standard InChI is InChI=1S/C20H19NO5S2/c1-21(12-17(22)23)18(24)16(28-20(26)15-10-6-3-7-11-15)13-27-19(25)14-8-4-2-5-9-14/h2-11,16H,12-13H2,1H3,(H,22,23). The number of amides is 1. The van der Waals surface area contributed by atoms with E-state index >= 15 is 0 Å². The molecule has 6 nitrogen and oxygen atoms in total. The Morgan fingerprint density at radius 2 is 1.39 bits per heavy atom. The van der Waals surface area contributed by atoms with E-state index in [1.54, 1.807) is 60.7 Å². The van der Waals surface area contributed by atoms with Crippen molar-refractivity contribution >= 4 is 45.6 Å². The van der Waals surface area contributed by atoms with E-state index in [0.29, 0.717) is 11.1 Å². The Labute approximate surface area is 171 Å². The van der Waals surface area contributed by atoms with E-state index in [0.717, 1.165) is 28.4 Å². The number of aliphatic carboxylic acids is 1. The molecule has 146 valence electrons. The molecule has 1 unspecified atom stereocenters. The molecule has 0 radical (unpaired) electrons. The van der Waals surface area contributed by atoms with E-state index in [1.165, 1.54) is 7.05 Å². The van der Waals surface area contributed by atoms with Crippen LogP contribution in [0.4, 0.5) is 0 Å². The SMILES string of the molecule is CN(CC(=O)O)C(=O)C(CSC(=O)c1ccccc1)SC(=O)c1ccccc1. The number of carboxylic acids is 1. The van der Waals surface area contributed by atoms with E-state index in [9.17, 15) is 19.2 Å². The van der Waals surface area contributed by atoms with Crippen LogP contribution in [0.25, 0.3) is 0 Å². The van der Waals surface area contributed by atoms with Crippen LogP contribution in [0.2, 0.25) is 0 Å². The van der Waals surface area contributed by atoms with Crippen LogP contribution in [-0.4, -0.2) is 56.7 Å². The van der Waals surface area contributed by atoms with E-state index in [4.69, 9.17) is 5.11 Å². The predicted molar refractivity (Wildman–Crippen MR) is 111 cm³/mol. The maximum atomic E-state index is 12.7. The zero-order chi connectivity index (χ0) is 20.5. The zero-order valence-corrected chi connectivity index (χ0v) is 16.7. The third kappa shape index (κ3) is 6.54. The number of likely N-dealkylation sites (N-methyl/N-ethyl adjacent to an activating group) is 1. The number of carboxylic acid groups (broad SMARTS) is 1. The van der Waals surface area contributed by atoms with Gasteiger partial charge >= 0.3 is 5.97 Å². The fourth-order valence-corrected chi connectivity index (χ4v) is 4.30. The molecular weight excluding hydrogens is 398 g/mol. The number of benzene rings is 2. The lowest BCUT2D eigenvalue weighted by Crippen LogP contribution is -2.39. The summed E-state index contributed by atoms with van der Waals surface area (Å²) in [7, 11) is 1.36. The van der Waals surface area contributed by atoms with Gasteiger partial charge in [-0.3, -0.25) is 19.2 Å². The first-order valence-corrected chi connectivity index (χ1v) is 10.2. The minimum Gasteiger partial charge on any atom is -0.480 e. The second kappa shape index (κ2) is 10.7. The molecule has 1 amide bonds. The molecule has 2 aromatic carbocycles. The maximum Gasteiger partial charge on any atom is 0.323 e. The zero-order valence-electron chi connectivity index (χ0n) is 15.1. The van der Waals surface area contributed by atoms with Gasteiger partial charge in [-0.2, -0.15) is 0 Å². The summed E-state index contributed by atoms with van der Waals surface area (Å²) in [6, 6.07) is 17.1. The Hall–Kier alpha value is -2.58. The molecule has 2 rings (SSSR count). The van der Waals surface area contributed by atoms with Crippen molar-refractivity contribution in [3.63, 3.8) is 0 Å². The summed E-state index contributed by atoms with van der Waals surface area (Å²) in [5.41, 5.74) is 0.933. The monoisotopic (exact) mass is 417 g/mol. The molecule has 1 N–H and O–H groups in total. The highest BCUT2D eigenvalue weighted by atomic mass is 32.2. The van der Waals surface area contributed by atoms with Gasteiger partial charge in [0.1, 0.15) is 11.8 Å². The first kappa shape index (κ1) is 21.7. The van der Waals surface area contributed by atoms with Gasteiger partial charge in [-0.25, -0.2) is 0 Å². The smallest absolute Gasteiger partial charge is 0.323 e. The summed E-state index contributed by atoms with van der Waals surface area (Å²) < 4.78 is 0. The Morgan fingerprint density at radius 3 is 1.89 bits per heavy atom. The molecule has 8 heteroatoms. The van der Waals surface area contributed by atoms with Crippen molar-refractivity contribution in [1.29, 1.82) is 0 Å². The van der Waals surface area contributed by atoms with Crippen molar-refractivity contribution in [2.75, 3.05) is 19.3 Å². The Morgan fingerprint density at radius 1 is 0.893 bits per heavy atom. The van der Waals surface area contributed by atoms with Crippen molar-refractivity contribution in [2.45, 2.75) is 5.25 Å². The Kier molecular flexibility index (Phi) is 8.28. The fraction of sp³-hybridized carbons (Fsp3) is 0.200. The fourth-order valence-electron chi connectivity index (χ4n) is 2.26. The number of hydrogen-bond donors (Lipinski definition) is 1. The lowest BCUT2D eigenvalue weighted by atomic mass is 10.2. The minimum atomic E-state index is -1.15. The van der Waals surface area contributed by atoms with E-state index in [-0.39, 0.29) is 16.0 Å². The van der Waals surface area contributed by atoms with Gasteiger partial charge in [-0.1, -0.05) is 84.2 Å². The van der Waals surface area contributed by atoms with Gasteiger partial charge in [-0.15, -0.1) is 0 Å². The average molecular weight is 418 g/mol. The molecule has 0 bridgehead atoms. The van der Waals surface area contributed by atoms with Crippen LogP contribution in [0.5, 0.6) is 0 Å². The van der Waals surface area contributed by atoms with Gasteiger partial charge < -0.3 is 10.0 Å². The predicted octanol–water partition coefficient (Wildman–Crippen LogP) is 3.05. The molecule has 0 aliphatic carbocycles. The van der Waals surface area contributed by atoms with Crippen LogP contribution < -0.4 is 0 Å². The molecule has 0 saturated carbocycles. The number of hydrogen-bond acceptors (Lipinski definition) is 6. The second-order valence-electron chi connectivity index (χ2n) is 5.81. The number of carbonyl (C=O) groups is 4. The van der Waals surface area contributed by atoms with Crippen LogP contribution in [0.15, 0.2) is 60.7 Å². The van der Waals surface area contributed by atoms with Gasteiger partial charge in [0.2, 0.25) is 16.1 Å². The summed E-state index contributed by atoms with van der Waals surface area (Å²) in [5.74, 6) is -1.60. The van der Waals surface area contributed by atoms with Crippen molar-refractivity contribution in [2.24, 2.45) is 0 Å². The average Bonchev–Trinajstić information content (AvgIpc) is 2.70. The quantitative estimate of drug-likeness (QED) is 0.706. The highest BCUT2D eigenvalue weighted by Gasteiger charge is 2.28. The molecule has 0 spiro atoms. The van der Waals surface area contributed by atoms with E-state index in [1.807, 2.05) is 0 Å². The van der Waals surface area contributed by atoms with Crippen LogP contribution >= 0.6 is 23.5 Å². The third-order valence-corrected chi connectivity index (χ3v) is 5.97. The topological polar surface area (TPSA) is 91.8 Å². The molecule has 0 aliphatic rings. The molecule has 0 heterocycles. The molecule has 0 saturated heterocycles. The van der Waals surface area contributed by atoms with Gasteiger partial charge in [0, 0.05) is 23.9 Å². The summed E-state index contributed by atoms with van der Waals surface area (Å²) in [6.07, 6.45) is 0. The van der Waals surface area contributed by atoms with Crippen LogP contribution in [0.1, 0.15) is 20.7 Å². The first-order chi connectivity index (χ1) is 13.4. The largest absolute Gasteiger partial charge is 0.480 e. The van der Waals surface area contributed by atoms with Crippen LogP contribution in [-0.2, 0) is 9.59 Å². The normalized spacial score (nSPS) is 11.5. The van der Waals surface area contributed by atoms with Crippen LogP contribution in [0.3, 0.4) is 0 Å². The molecular formula is C20H19NO5S2. The third-order valence-electron chi connectivity index (χ3n) is 3.66. The number of rotatable bonds is 8. The van der Waals surface area contributed by atoms with Crippen molar-refractivity contribution in [3.05, 3.63) is 71.8 Å². The number of nitrogens with zero attached hydrogens (tertiary/aromatic N) is 1. The highest BCUT2D eigenvalue weighted by Crippen LogP contribution is 2.25. The van der Waals surface area contributed by atoms with Gasteiger partial charge in [0.15, 0.2) is 0 Å². The van der Waals surface area contributed by atoms with Gasteiger partial charge in [0.25, 0.3) is 0 Å². The number of thioether (sulfide) groups is 2. The molecule has 0 fully saturated rings. The number of carbonyl (C=O) groups excluding carboxylic acids is 3. The Balaban J connectivity index is 2.11. The molecule has 28 heavy (non-hydrogen) atoms. The minimum absolute atomic E-state index is 0.0553. The molecule has 2 aromatic rings. The van der Waals surface area contributed by atoms with Crippen molar-refractivity contribution in [3.8, 4) is 0 Å². The Bertz CT molecular complexity index is 842. The van der Waals surface area contributed by atoms with Crippen molar-refractivity contribution in [1.82, 2.24) is 4.90 Å². The van der Waals surface area contributed by atoms with Gasteiger partial charge in [-0.05, 0) is 0 Å². The van der Waals surface area contributed by atoms with Gasteiger partial charge in [0.05, 0.1) is 0 Å². The first-order valence-electron chi connectivity index (χ1n) is 8.33. The molecule has 1 atom stereocenters. The second-order valence-corrected chi connectivity index (χ2v) is 7.98. The van der Waals surface area contributed by atoms with E-state index in [2.05, 4.69) is 0 Å². The summed E-state index contributed by atoms with van der Waals surface area (Å²) >= 11 is 1.73. The summed E-state index contributed by atoms with van der Waals surface area (Å²) in [6.45, 7) is -0.479. The maximum absolute atomic E-state index is 12.7. The van der Waals surface area contributed by atoms with E-state index < -0.39 is 23.7 Å².